The van der Waals surface area contributed by atoms with Crippen LogP contribution in [0.2, 0.25) is 0 Å². The molecule has 0 aliphatic rings. The lowest BCUT2D eigenvalue weighted by Crippen LogP contribution is -2.45. The number of carbonyl (C=O) groups excluding carboxylic acids is 1. The van der Waals surface area contributed by atoms with Crippen molar-refractivity contribution in [3.05, 3.63) is 29.3 Å². The highest BCUT2D eigenvalue weighted by Crippen LogP contribution is 2.17. The van der Waals surface area contributed by atoms with Gasteiger partial charge in [0.05, 0.1) is 22.6 Å². The van der Waals surface area contributed by atoms with Crippen LogP contribution in [0.4, 0.5) is 0 Å². The van der Waals surface area contributed by atoms with Crippen LogP contribution in [0.5, 0.6) is 0 Å². The minimum atomic E-state index is -3.86. The summed E-state index contributed by atoms with van der Waals surface area (Å²) in [4.78, 5) is 13.4. The summed E-state index contributed by atoms with van der Waals surface area (Å²) in [6.45, 7) is 5.43. The van der Waals surface area contributed by atoms with Crippen LogP contribution in [0.15, 0.2) is 23.1 Å². The first-order chi connectivity index (χ1) is 9.72. The summed E-state index contributed by atoms with van der Waals surface area (Å²) in [5, 5.41) is 8.87. The molecule has 1 aromatic rings. The number of nitrogens with one attached hydrogen (secondary N) is 1. The van der Waals surface area contributed by atoms with E-state index in [1.54, 1.807) is 33.0 Å². The molecule has 0 saturated carbocycles. The van der Waals surface area contributed by atoms with Gasteiger partial charge in [-0.1, -0.05) is 6.07 Å². The normalized spacial score (nSPS) is 12.5. The van der Waals surface area contributed by atoms with Crippen molar-refractivity contribution in [2.45, 2.75) is 31.7 Å². The zero-order chi connectivity index (χ0) is 16.2. The molecular formula is C14H19N3O3S. The second-order valence-electron chi connectivity index (χ2n) is 4.79. The van der Waals surface area contributed by atoms with E-state index in [4.69, 9.17) is 5.26 Å². The first-order valence-electron chi connectivity index (χ1n) is 6.51. The van der Waals surface area contributed by atoms with Crippen LogP contribution in [0, 0.1) is 18.3 Å². The zero-order valence-electron chi connectivity index (χ0n) is 12.5. The second kappa shape index (κ2) is 6.70. The van der Waals surface area contributed by atoms with Crippen LogP contribution in [-0.4, -0.2) is 38.9 Å². The van der Waals surface area contributed by atoms with Gasteiger partial charge in [-0.15, -0.1) is 0 Å². The average molecular weight is 309 g/mol. The second-order valence-corrected chi connectivity index (χ2v) is 6.47. The third-order valence-corrected chi connectivity index (χ3v) is 4.84. The number of carbonyl (C=O) groups is 1. The van der Waals surface area contributed by atoms with Gasteiger partial charge >= 0.3 is 0 Å². The molecular weight excluding hydrogens is 290 g/mol. The number of rotatable bonds is 5. The smallest absolute Gasteiger partial charge is 0.241 e. The largest absolute Gasteiger partial charge is 0.345 e. The molecule has 0 fully saturated rings. The number of nitrogens with zero attached hydrogens (tertiary/aromatic N) is 2. The molecule has 1 rings (SSSR count). The Bertz CT molecular complexity index is 677. The molecule has 1 unspecified atom stereocenters. The van der Waals surface area contributed by atoms with Crippen LogP contribution in [0.1, 0.15) is 25.0 Å². The molecule has 1 N–H and O–H groups in total. The lowest BCUT2D eigenvalue weighted by molar-refractivity contribution is -0.131. The first-order valence-corrected chi connectivity index (χ1v) is 7.99. The Morgan fingerprint density at radius 2 is 2.10 bits per heavy atom. The summed E-state index contributed by atoms with van der Waals surface area (Å²) in [5.74, 6) is -0.310. The Hall–Kier alpha value is -1.91. The fourth-order valence-electron chi connectivity index (χ4n) is 1.79. The molecule has 1 aromatic carbocycles. The quantitative estimate of drug-likeness (QED) is 0.879. The highest BCUT2D eigenvalue weighted by atomic mass is 32.2. The monoisotopic (exact) mass is 309 g/mol. The Morgan fingerprint density at radius 1 is 1.48 bits per heavy atom. The van der Waals surface area contributed by atoms with E-state index in [0.717, 1.165) is 0 Å². The molecule has 0 bridgehead atoms. The van der Waals surface area contributed by atoms with Gasteiger partial charge in [0.1, 0.15) is 0 Å². The van der Waals surface area contributed by atoms with Crippen LogP contribution in [-0.2, 0) is 14.8 Å². The number of hydrogen-bond donors (Lipinski definition) is 1. The number of nitriles is 1. The zero-order valence-corrected chi connectivity index (χ0v) is 13.4. The molecule has 0 radical (unpaired) electrons. The van der Waals surface area contributed by atoms with Crippen molar-refractivity contribution in [1.29, 1.82) is 5.26 Å². The Balaban J connectivity index is 3.08. The summed E-state index contributed by atoms with van der Waals surface area (Å²) < 4.78 is 27.1. The number of benzene rings is 1. The molecule has 0 spiro atoms. The molecule has 0 heterocycles. The molecule has 1 atom stereocenters. The highest BCUT2D eigenvalue weighted by molar-refractivity contribution is 7.89. The summed E-state index contributed by atoms with van der Waals surface area (Å²) >= 11 is 0. The van der Waals surface area contributed by atoms with Crippen molar-refractivity contribution < 1.29 is 13.2 Å². The number of aryl methyl sites for hydroxylation is 1. The summed E-state index contributed by atoms with van der Waals surface area (Å²) in [7, 11) is -2.25. The van der Waals surface area contributed by atoms with E-state index in [2.05, 4.69) is 4.72 Å². The lowest BCUT2D eigenvalue weighted by atomic mass is 10.2. The Labute approximate surface area is 125 Å². The molecule has 0 saturated heterocycles. The van der Waals surface area contributed by atoms with Gasteiger partial charge in [-0.3, -0.25) is 4.79 Å². The predicted molar refractivity (Wildman–Crippen MR) is 79.0 cm³/mol. The molecule has 6 nitrogen and oxygen atoms in total. The standard InChI is InChI=1S/C14H19N3O3S/c1-5-17(4)14(18)11(3)16-21(19,20)13-8-12(9-15)7-6-10(13)2/h6-8,11,16H,5H2,1-4H3. The van der Waals surface area contributed by atoms with Crippen molar-refractivity contribution in [2.24, 2.45) is 0 Å². The molecule has 114 valence electrons. The minimum Gasteiger partial charge on any atom is -0.345 e. The molecule has 21 heavy (non-hydrogen) atoms. The van der Waals surface area contributed by atoms with Crippen LogP contribution < -0.4 is 4.72 Å². The van der Waals surface area contributed by atoms with Gasteiger partial charge in [0.15, 0.2) is 0 Å². The van der Waals surface area contributed by atoms with Gasteiger partial charge in [-0.2, -0.15) is 9.98 Å². The third kappa shape index (κ3) is 4.03. The fourth-order valence-corrected chi connectivity index (χ4v) is 3.26. The van der Waals surface area contributed by atoms with Gasteiger partial charge in [-0.05, 0) is 38.5 Å². The molecule has 0 aliphatic carbocycles. The highest BCUT2D eigenvalue weighted by Gasteiger charge is 2.25. The average Bonchev–Trinajstić information content (AvgIpc) is 2.45. The van der Waals surface area contributed by atoms with Gasteiger partial charge in [0.25, 0.3) is 0 Å². The van der Waals surface area contributed by atoms with Crippen molar-refractivity contribution in [2.75, 3.05) is 13.6 Å². The fraction of sp³-hybridized carbons (Fsp3) is 0.429. The maximum Gasteiger partial charge on any atom is 0.241 e. The van der Waals surface area contributed by atoms with Crippen molar-refractivity contribution in [1.82, 2.24) is 9.62 Å². The number of hydrogen-bond acceptors (Lipinski definition) is 4. The van der Waals surface area contributed by atoms with E-state index in [-0.39, 0.29) is 16.4 Å². The van der Waals surface area contributed by atoms with Gasteiger partial charge in [0.2, 0.25) is 15.9 Å². The summed E-state index contributed by atoms with van der Waals surface area (Å²) in [6.07, 6.45) is 0. The Morgan fingerprint density at radius 3 is 2.62 bits per heavy atom. The maximum atomic E-state index is 12.4. The van der Waals surface area contributed by atoms with Gasteiger partial charge < -0.3 is 4.90 Å². The van der Waals surface area contributed by atoms with E-state index in [0.29, 0.717) is 12.1 Å². The molecule has 7 heteroatoms. The van der Waals surface area contributed by atoms with E-state index in [9.17, 15) is 13.2 Å². The molecule has 1 amide bonds. The van der Waals surface area contributed by atoms with E-state index < -0.39 is 16.1 Å². The van der Waals surface area contributed by atoms with E-state index >= 15 is 0 Å². The summed E-state index contributed by atoms with van der Waals surface area (Å²) in [5.41, 5.74) is 0.774. The first kappa shape index (κ1) is 17.1. The minimum absolute atomic E-state index is 0.0142. The van der Waals surface area contributed by atoms with Gasteiger partial charge in [-0.25, -0.2) is 8.42 Å². The topological polar surface area (TPSA) is 90.3 Å². The molecule has 0 aromatic heterocycles. The molecule has 0 aliphatic heterocycles. The maximum absolute atomic E-state index is 12.4. The van der Waals surface area contributed by atoms with Gasteiger partial charge in [0, 0.05) is 13.6 Å². The summed E-state index contributed by atoms with van der Waals surface area (Å²) in [6, 6.07) is 5.45. The van der Waals surface area contributed by atoms with Crippen LogP contribution >= 0.6 is 0 Å². The van der Waals surface area contributed by atoms with Crippen molar-refractivity contribution in [3.63, 3.8) is 0 Å². The SMILES string of the molecule is CCN(C)C(=O)C(C)NS(=O)(=O)c1cc(C#N)ccc1C. The predicted octanol–water partition coefficient (Wildman–Crippen LogP) is 1.01. The number of sulfonamides is 1. The lowest BCUT2D eigenvalue weighted by Gasteiger charge is -2.21. The number of amides is 1. The van der Waals surface area contributed by atoms with Crippen molar-refractivity contribution >= 4 is 15.9 Å². The third-order valence-electron chi connectivity index (χ3n) is 3.16. The number of likely N-dealkylation sites (N-methyl/N-ethyl adjacent to an activating group) is 1. The Kier molecular flexibility index (Phi) is 5.47. The van der Waals surface area contributed by atoms with Crippen LogP contribution in [0.3, 0.4) is 0 Å². The van der Waals surface area contributed by atoms with Crippen molar-refractivity contribution in [3.8, 4) is 6.07 Å². The van der Waals surface area contributed by atoms with E-state index in [1.807, 2.05) is 6.07 Å². The van der Waals surface area contributed by atoms with Crippen LogP contribution in [0.25, 0.3) is 0 Å². The van der Waals surface area contributed by atoms with E-state index in [1.165, 1.54) is 17.9 Å².